The number of hydrogen-bond donors (Lipinski definition) is 2. The molecule has 0 radical (unpaired) electrons. The molecule has 26 heavy (non-hydrogen) atoms. The third kappa shape index (κ3) is 4.13. The highest BCUT2D eigenvalue weighted by Gasteiger charge is 2.10. The number of halogens is 1. The van der Waals surface area contributed by atoms with Gasteiger partial charge in [0.1, 0.15) is 11.5 Å². The van der Waals surface area contributed by atoms with E-state index in [1.54, 1.807) is 24.4 Å². The molecule has 0 fully saturated rings. The number of nitrogens with one attached hydrogen (secondary N) is 2. The zero-order chi connectivity index (χ0) is 18.5. The minimum absolute atomic E-state index is 0.268. The van der Waals surface area contributed by atoms with E-state index in [0.717, 1.165) is 11.3 Å². The Labute approximate surface area is 150 Å². The summed E-state index contributed by atoms with van der Waals surface area (Å²) < 4.78 is 13.0. The number of aromatic amines is 1. The second-order valence-corrected chi connectivity index (χ2v) is 5.86. The molecule has 0 saturated heterocycles. The summed E-state index contributed by atoms with van der Waals surface area (Å²) in [5.74, 6) is -0.734. The standard InChI is InChI=1S/C19H18FN5O/c1-25(2)16-9-3-13(4-10-16)12-21-24-19(26)18-11-17(22-23-18)14-5-7-15(20)8-6-14/h3-12H,1-2H3,(H,22,23)(H,24,26). The van der Waals surface area contributed by atoms with Gasteiger partial charge >= 0.3 is 0 Å². The molecular weight excluding hydrogens is 333 g/mol. The lowest BCUT2D eigenvalue weighted by molar-refractivity contribution is 0.0950. The van der Waals surface area contributed by atoms with Crippen LogP contribution in [0.4, 0.5) is 10.1 Å². The fourth-order valence-electron chi connectivity index (χ4n) is 2.29. The Bertz CT molecular complexity index is 914. The summed E-state index contributed by atoms with van der Waals surface area (Å²) in [4.78, 5) is 14.1. The van der Waals surface area contributed by atoms with E-state index >= 15 is 0 Å². The highest BCUT2D eigenvalue weighted by Crippen LogP contribution is 2.18. The molecule has 2 N–H and O–H groups in total. The molecule has 1 aromatic heterocycles. The number of benzene rings is 2. The molecule has 132 valence electrons. The van der Waals surface area contributed by atoms with Gasteiger partial charge in [0.2, 0.25) is 0 Å². The molecule has 3 aromatic rings. The minimum atomic E-state index is -0.410. The summed E-state index contributed by atoms with van der Waals surface area (Å²) in [5.41, 5.74) is 5.93. The molecule has 0 spiro atoms. The van der Waals surface area contributed by atoms with Crippen LogP contribution in [0.15, 0.2) is 59.7 Å². The Balaban J connectivity index is 1.62. The topological polar surface area (TPSA) is 73.4 Å². The molecular formula is C19H18FN5O. The van der Waals surface area contributed by atoms with Crippen molar-refractivity contribution in [3.05, 3.63) is 71.7 Å². The van der Waals surface area contributed by atoms with Crippen molar-refractivity contribution in [3.63, 3.8) is 0 Å². The molecule has 6 nitrogen and oxygen atoms in total. The van der Waals surface area contributed by atoms with E-state index in [1.165, 1.54) is 12.1 Å². The molecule has 0 aliphatic carbocycles. The van der Waals surface area contributed by atoms with Gasteiger partial charge in [0.05, 0.1) is 11.9 Å². The van der Waals surface area contributed by atoms with Gasteiger partial charge in [-0.15, -0.1) is 0 Å². The molecule has 7 heteroatoms. The van der Waals surface area contributed by atoms with Crippen LogP contribution in [0.3, 0.4) is 0 Å². The Kier molecular flexibility index (Phi) is 5.07. The van der Waals surface area contributed by atoms with Crippen molar-refractivity contribution in [1.82, 2.24) is 15.6 Å². The smallest absolute Gasteiger partial charge is 0.289 e. The van der Waals surface area contributed by atoms with Crippen LogP contribution in [-0.2, 0) is 0 Å². The van der Waals surface area contributed by atoms with Gasteiger partial charge in [-0.1, -0.05) is 12.1 Å². The van der Waals surface area contributed by atoms with Crippen LogP contribution in [0, 0.1) is 5.82 Å². The lowest BCUT2D eigenvalue weighted by Gasteiger charge is -2.11. The van der Waals surface area contributed by atoms with Gasteiger partial charge < -0.3 is 4.90 Å². The van der Waals surface area contributed by atoms with E-state index in [2.05, 4.69) is 20.7 Å². The van der Waals surface area contributed by atoms with Gasteiger partial charge in [0, 0.05) is 25.3 Å². The van der Waals surface area contributed by atoms with E-state index in [1.807, 2.05) is 43.3 Å². The zero-order valence-corrected chi connectivity index (χ0v) is 14.4. The van der Waals surface area contributed by atoms with Crippen molar-refractivity contribution in [2.24, 2.45) is 5.10 Å². The zero-order valence-electron chi connectivity index (χ0n) is 14.4. The van der Waals surface area contributed by atoms with Crippen molar-refractivity contribution in [2.75, 3.05) is 19.0 Å². The second-order valence-electron chi connectivity index (χ2n) is 5.86. The average Bonchev–Trinajstić information content (AvgIpc) is 3.13. The first kappa shape index (κ1) is 17.3. The fourth-order valence-corrected chi connectivity index (χ4v) is 2.29. The maximum absolute atomic E-state index is 13.0. The van der Waals surface area contributed by atoms with Crippen LogP contribution < -0.4 is 10.3 Å². The van der Waals surface area contributed by atoms with E-state index in [4.69, 9.17) is 0 Å². The van der Waals surface area contributed by atoms with Crippen LogP contribution in [0.2, 0.25) is 0 Å². The molecule has 0 atom stereocenters. The van der Waals surface area contributed by atoms with E-state index in [-0.39, 0.29) is 11.5 Å². The van der Waals surface area contributed by atoms with Crippen LogP contribution in [-0.4, -0.2) is 36.4 Å². The van der Waals surface area contributed by atoms with Crippen LogP contribution in [0.25, 0.3) is 11.3 Å². The van der Waals surface area contributed by atoms with Gasteiger partial charge in [-0.2, -0.15) is 10.2 Å². The highest BCUT2D eigenvalue weighted by molar-refractivity contribution is 5.94. The molecule has 0 unspecified atom stereocenters. The predicted octanol–water partition coefficient (Wildman–Crippen LogP) is 3.05. The lowest BCUT2D eigenvalue weighted by Crippen LogP contribution is -2.18. The number of hydrazone groups is 1. The normalized spacial score (nSPS) is 10.9. The number of carbonyl (C=O) groups excluding carboxylic acids is 1. The van der Waals surface area contributed by atoms with Crippen molar-refractivity contribution in [1.29, 1.82) is 0 Å². The minimum Gasteiger partial charge on any atom is -0.378 e. The first-order valence-corrected chi connectivity index (χ1v) is 7.95. The van der Waals surface area contributed by atoms with E-state index in [0.29, 0.717) is 11.3 Å². The fraction of sp³-hybridized carbons (Fsp3) is 0.105. The largest absolute Gasteiger partial charge is 0.378 e. The monoisotopic (exact) mass is 351 g/mol. The van der Waals surface area contributed by atoms with Crippen molar-refractivity contribution >= 4 is 17.8 Å². The van der Waals surface area contributed by atoms with E-state index in [9.17, 15) is 9.18 Å². The van der Waals surface area contributed by atoms with Gasteiger partial charge in [-0.3, -0.25) is 9.89 Å². The number of aromatic nitrogens is 2. The first-order valence-electron chi connectivity index (χ1n) is 7.95. The maximum atomic E-state index is 13.0. The van der Waals surface area contributed by atoms with Crippen molar-refractivity contribution in [3.8, 4) is 11.3 Å². The number of rotatable bonds is 5. The Hall–Kier alpha value is -3.48. The number of nitrogens with zero attached hydrogens (tertiary/aromatic N) is 3. The van der Waals surface area contributed by atoms with Crippen LogP contribution in [0.1, 0.15) is 16.1 Å². The molecule has 0 saturated carbocycles. The Morgan fingerprint density at radius 3 is 2.50 bits per heavy atom. The molecule has 3 rings (SSSR count). The van der Waals surface area contributed by atoms with Gasteiger partial charge in [0.25, 0.3) is 5.91 Å². The molecule has 1 heterocycles. The summed E-state index contributed by atoms with van der Waals surface area (Å²) in [7, 11) is 3.93. The first-order chi connectivity index (χ1) is 12.5. The number of H-pyrrole nitrogens is 1. The third-order valence-corrected chi connectivity index (χ3v) is 3.75. The molecule has 0 bridgehead atoms. The Morgan fingerprint density at radius 1 is 1.15 bits per heavy atom. The highest BCUT2D eigenvalue weighted by atomic mass is 19.1. The molecule has 2 aromatic carbocycles. The van der Waals surface area contributed by atoms with Gasteiger partial charge in [-0.05, 0) is 48.0 Å². The SMILES string of the molecule is CN(C)c1ccc(C=NNC(=O)c2cc(-c3ccc(F)cc3)n[nH]2)cc1. The summed E-state index contributed by atoms with van der Waals surface area (Å²) >= 11 is 0. The molecule has 0 aliphatic heterocycles. The second kappa shape index (κ2) is 7.60. The average molecular weight is 351 g/mol. The number of hydrogen-bond acceptors (Lipinski definition) is 4. The van der Waals surface area contributed by atoms with Crippen LogP contribution >= 0.6 is 0 Å². The third-order valence-electron chi connectivity index (χ3n) is 3.75. The molecule has 0 aliphatic rings. The number of amides is 1. The quantitative estimate of drug-likeness (QED) is 0.548. The predicted molar refractivity (Wildman–Crippen MR) is 99.8 cm³/mol. The maximum Gasteiger partial charge on any atom is 0.289 e. The molecule has 1 amide bonds. The summed E-state index contributed by atoms with van der Waals surface area (Å²) in [6.07, 6.45) is 1.56. The number of anilines is 1. The summed E-state index contributed by atoms with van der Waals surface area (Å²) in [6, 6.07) is 15.2. The lowest BCUT2D eigenvalue weighted by atomic mass is 10.1. The Morgan fingerprint density at radius 2 is 1.85 bits per heavy atom. The van der Waals surface area contributed by atoms with E-state index < -0.39 is 5.91 Å². The van der Waals surface area contributed by atoms with Crippen molar-refractivity contribution in [2.45, 2.75) is 0 Å². The summed E-state index contributed by atoms with van der Waals surface area (Å²) in [6.45, 7) is 0. The van der Waals surface area contributed by atoms with Crippen LogP contribution in [0.5, 0.6) is 0 Å². The van der Waals surface area contributed by atoms with Crippen molar-refractivity contribution < 1.29 is 9.18 Å². The summed E-state index contributed by atoms with van der Waals surface area (Å²) in [5, 5.41) is 10.7. The number of carbonyl (C=O) groups is 1. The van der Waals surface area contributed by atoms with Gasteiger partial charge in [-0.25, -0.2) is 9.82 Å². The van der Waals surface area contributed by atoms with Gasteiger partial charge in [0.15, 0.2) is 0 Å².